The highest BCUT2D eigenvalue weighted by Crippen LogP contribution is 2.22. The fourth-order valence-corrected chi connectivity index (χ4v) is 2.66. The molecule has 1 unspecified atom stereocenters. The van der Waals surface area contributed by atoms with Gasteiger partial charge in [-0.15, -0.1) is 0 Å². The minimum atomic E-state index is 0.174. The summed E-state index contributed by atoms with van der Waals surface area (Å²) in [4.78, 5) is 0. The van der Waals surface area contributed by atoms with E-state index in [2.05, 4.69) is 66.3 Å². The number of benzene rings is 1. The van der Waals surface area contributed by atoms with E-state index in [4.69, 9.17) is 4.74 Å². The molecule has 1 N–H and O–H groups in total. The second-order valence-electron chi connectivity index (χ2n) is 6.43. The first-order valence-electron chi connectivity index (χ1n) is 7.40. The van der Waals surface area contributed by atoms with E-state index in [1.807, 2.05) is 0 Å². The van der Waals surface area contributed by atoms with E-state index in [9.17, 15) is 0 Å². The Morgan fingerprint density at radius 3 is 2.55 bits per heavy atom. The van der Waals surface area contributed by atoms with Gasteiger partial charge in [0.15, 0.2) is 0 Å². The molecule has 0 radical (unpaired) electrons. The monoisotopic (exact) mass is 341 g/mol. The summed E-state index contributed by atoms with van der Waals surface area (Å²) in [7, 11) is 1.77. The standard InChI is InChI=1S/C17H28BrNO/c1-17(2,3)19-13-14(8-7-11-20-4)12-15-9-5-6-10-16(15)18/h5-6,9-10,14,19H,7-8,11-13H2,1-4H3. The van der Waals surface area contributed by atoms with Gasteiger partial charge in [-0.1, -0.05) is 34.1 Å². The molecule has 0 aliphatic rings. The molecule has 0 aromatic heterocycles. The molecule has 0 saturated carbocycles. The molecule has 2 nitrogen and oxygen atoms in total. The zero-order valence-corrected chi connectivity index (χ0v) is 14.8. The summed E-state index contributed by atoms with van der Waals surface area (Å²) in [6.07, 6.45) is 3.42. The lowest BCUT2D eigenvalue weighted by Gasteiger charge is -2.25. The Morgan fingerprint density at radius 2 is 1.95 bits per heavy atom. The van der Waals surface area contributed by atoms with Gasteiger partial charge in [0.2, 0.25) is 0 Å². The van der Waals surface area contributed by atoms with Crippen LogP contribution in [-0.2, 0) is 11.2 Å². The van der Waals surface area contributed by atoms with Crippen molar-refractivity contribution in [2.45, 2.75) is 45.6 Å². The van der Waals surface area contributed by atoms with E-state index in [1.54, 1.807) is 7.11 Å². The molecule has 0 heterocycles. The molecule has 1 rings (SSSR count). The minimum absolute atomic E-state index is 0.174. The van der Waals surface area contributed by atoms with Crippen LogP contribution in [0.5, 0.6) is 0 Å². The first-order valence-corrected chi connectivity index (χ1v) is 8.19. The number of halogens is 1. The Bertz CT molecular complexity index is 387. The lowest BCUT2D eigenvalue weighted by atomic mass is 9.93. The van der Waals surface area contributed by atoms with Crippen molar-refractivity contribution in [2.24, 2.45) is 5.92 Å². The van der Waals surface area contributed by atoms with Crippen molar-refractivity contribution in [1.82, 2.24) is 5.32 Å². The van der Waals surface area contributed by atoms with Crippen LogP contribution in [0.1, 0.15) is 39.2 Å². The molecule has 114 valence electrons. The van der Waals surface area contributed by atoms with E-state index in [1.165, 1.54) is 16.5 Å². The lowest BCUT2D eigenvalue weighted by Crippen LogP contribution is -2.39. The van der Waals surface area contributed by atoms with Gasteiger partial charge in [0.05, 0.1) is 0 Å². The minimum Gasteiger partial charge on any atom is -0.385 e. The number of ether oxygens (including phenoxy) is 1. The van der Waals surface area contributed by atoms with Crippen LogP contribution in [0, 0.1) is 5.92 Å². The maximum absolute atomic E-state index is 5.18. The number of rotatable bonds is 8. The molecule has 0 aliphatic heterocycles. The second-order valence-corrected chi connectivity index (χ2v) is 7.28. The normalized spacial score (nSPS) is 13.4. The molecule has 1 aromatic rings. The number of hydrogen-bond donors (Lipinski definition) is 1. The topological polar surface area (TPSA) is 21.3 Å². The van der Waals surface area contributed by atoms with Gasteiger partial charge in [0, 0.05) is 23.7 Å². The Hall–Kier alpha value is -0.380. The largest absolute Gasteiger partial charge is 0.385 e. The van der Waals surface area contributed by atoms with Gasteiger partial charge < -0.3 is 10.1 Å². The van der Waals surface area contributed by atoms with Gasteiger partial charge >= 0.3 is 0 Å². The van der Waals surface area contributed by atoms with Crippen LogP contribution in [0.2, 0.25) is 0 Å². The van der Waals surface area contributed by atoms with Crippen LogP contribution in [0.4, 0.5) is 0 Å². The van der Waals surface area contributed by atoms with Gasteiger partial charge in [0.25, 0.3) is 0 Å². The Morgan fingerprint density at radius 1 is 1.25 bits per heavy atom. The van der Waals surface area contributed by atoms with Crippen molar-refractivity contribution in [1.29, 1.82) is 0 Å². The third kappa shape index (κ3) is 7.41. The third-order valence-corrected chi connectivity index (χ3v) is 4.12. The molecule has 0 spiro atoms. The van der Waals surface area contributed by atoms with Crippen LogP contribution in [0.25, 0.3) is 0 Å². The summed E-state index contributed by atoms with van der Waals surface area (Å²) in [5.41, 5.74) is 1.57. The Kier molecular flexibility index (Phi) is 7.78. The molecule has 3 heteroatoms. The summed E-state index contributed by atoms with van der Waals surface area (Å²) in [5.74, 6) is 0.642. The zero-order valence-electron chi connectivity index (χ0n) is 13.2. The molecule has 0 saturated heterocycles. The van der Waals surface area contributed by atoms with Crippen molar-refractivity contribution >= 4 is 15.9 Å². The highest BCUT2D eigenvalue weighted by atomic mass is 79.9. The van der Waals surface area contributed by atoms with E-state index in [0.29, 0.717) is 5.92 Å². The maximum Gasteiger partial charge on any atom is 0.0462 e. The van der Waals surface area contributed by atoms with Gasteiger partial charge in [-0.25, -0.2) is 0 Å². The summed E-state index contributed by atoms with van der Waals surface area (Å²) >= 11 is 3.65. The number of hydrogen-bond acceptors (Lipinski definition) is 2. The summed E-state index contributed by atoms with van der Waals surface area (Å²) < 4.78 is 6.40. The highest BCUT2D eigenvalue weighted by molar-refractivity contribution is 9.10. The van der Waals surface area contributed by atoms with Gasteiger partial charge in [0.1, 0.15) is 0 Å². The van der Waals surface area contributed by atoms with Gasteiger partial charge in [-0.3, -0.25) is 0 Å². The average molecular weight is 342 g/mol. The van der Waals surface area contributed by atoms with E-state index in [-0.39, 0.29) is 5.54 Å². The first-order chi connectivity index (χ1) is 9.42. The second kappa shape index (κ2) is 8.81. The summed E-state index contributed by atoms with van der Waals surface area (Å²) in [5, 5.41) is 3.63. The van der Waals surface area contributed by atoms with Crippen LogP contribution in [0.3, 0.4) is 0 Å². The van der Waals surface area contributed by atoms with Crippen molar-refractivity contribution in [2.75, 3.05) is 20.3 Å². The van der Waals surface area contributed by atoms with Crippen molar-refractivity contribution in [3.63, 3.8) is 0 Å². The van der Waals surface area contributed by atoms with Crippen LogP contribution in [0.15, 0.2) is 28.7 Å². The quantitative estimate of drug-likeness (QED) is 0.706. The molecule has 1 aromatic carbocycles. The highest BCUT2D eigenvalue weighted by Gasteiger charge is 2.15. The molecule has 0 aliphatic carbocycles. The SMILES string of the molecule is COCCCC(CNC(C)(C)C)Cc1ccccc1Br. The van der Waals surface area contributed by atoms with Crippen LogP contribution < -0.4 is 5.32 Å². The van der Waals surface area contributed by atoms with Crippen molar-refractivity contribution in [3.8, 4) is 0 Å². The molecule has 0 fully saturated rings. The molecule has 0 bridgehead atoms. The molecular weight excluding hydrogens is 314 g/mol. The smallest absolute Gasteiger partial charge is 0.0462 e. The predicted octanol–water partition coefficient (Wildman–Crippen LogP) is 4.42. The molecular formula is C17H28BrNO. The Labute approximate surface area is 132 Å². The van der Waals surface area contributed by atoms with Crippen molar-refractivity contribution < 1.29 is 4.74 Å². The van der Waals surface area contributed by atoms with Gasteiger partial charge in [-0.2, -0.15) is 0 Å². The summed E-state index contributed by atoms with van der Waals surface area (Å²) in [6.45, 7) is 8.56. The first kappa shape index (κ1) is 17.7. The molecule has 0 amide bonds. The zero-order chi connectivity index (χ0) is 15.0. The summed E-state index contributed by atoms with van der Waals surface area (Å²) in [6, 6.07) is 8.52. The third-order valence-electron chi connectivity index (χ3n) is 3.35. The predicted molar refractivity (Wildman–Crippen MR) is 90.2 cm³/mol. The van der Waals surface area contributed by atoms with E-state index < -0.39 is 0 Å². The molecule has 1 atom stereocenters. The number of methoxy groups -OCH3 is 1. The van der Waals surface area contributed by atoms with Crippen molar-refractivity contribution in [3.05, 3.63) is 34.3 Å². The van der Waals surface area contributed by atoms with E-state index >= 15 is 0 Å². The molecule has 20 heavy (non-hydrogen) atoms. The fourth-order valence-electron chi connectivity index (χ4n) is 2.22. The van der Waals surface area contributed by atoms with E-state index in [0.717, 1.165) is 26.0 Å². The van der Waals surface area contributed by atoms with Crippen LogP contribution >= 0.6 is 15.9 Å². The lowest BCUT2D eigenvalue weighted by molar-refractivity contribution is 0.185. The maximum atomic E-state index is 5.18. The Balaban J connectivity index is 2.59. The fraction of sp³-hybridized carbons (Fsp3) is 0.647. The van der Waals surface area contributed by atoms with Gasteiger partial charge in [-0.05, 0) is 64.1 Å². The number of nitrogens with one attached hydrogen (secondary N) is 1. The average Bonchev–Trinajstić information content (AvgIpc) is 2.37. The van der Waals surface area contributed by atoms with Crippen LogP contribution in [-0.4, -0.2) is 25.8 Å².